The van der Waals surface area contributed by atoms with E-state index in [1.807, 2.05) is 48.8 Å². The van der Waals surface area contributed by atoms with Crippen molar-refractivity contribution in [2.45, 2.75) is 26.2 Å². The summed E-state index contributed by atoms with van der Waals surface area (Å²) in [5, 5.41) is 2.80. The van der Waals surface area contributed by atoms with E-state index in [0.717, 1.165) is 34.1 Å². The first-order chi connectivity index (χ1) is 16.0. The fourth-order valence-corrected chi connectivity index (χ4v) is 4.53. The molecule has 4 heterocycles. The molecular weight excluding hydrogens is 616 g/mol. The average molecular weight is 644 g/mol. The van der Waals surface area contributed by atoms with Crippen LogP contribution in [0.3, 0.4) is 0 Å². The normalized spacial score (nSPS) is 10.3. The zero-order valence-corrected chi connectivity index (χ0v) is 25.7. The van der Waals surface area contributed by atoms with Gasteiger partial charge in [-0.1, -0.05) is 50.5 Å². The number of pyridine rings is 4. The Balaban J connectivity index is 0.000000209. The van der Waals surface area contributed by atoms with E-state index in [9.17, 15) is 0 Å². The first kappa shape index (κ1) is 27.8. The molecule has 0 saturated carbocycles. The van der Waals surface area contributed by atoms with Gasteiger partial charge in [-0.05, 0) is 46.8 Å². The molecule has 174 valence electrons. The molecule has 0 unspecified atom stereocenters. The van der Waals surface area contributed by atoms with Crippen molar-refractivity contribution in [1.82, 2.24) is 19.9 Å². The molecule has 0 bridgehead atoms. The molecule has 0 aliphatic carbocycles. The minimum absolute atomic E-state index is 0.726. The van der Waals surface area contributed by atoms with Crippen LogP contribution in [0.2, 0.25) is 26.2 Å². The molecule has 0 aliphatic rings. The Kier molecular flexibility index (Phi) is 13.0. The third kappa shape index (κ3) is 9.72. The average Bonchev–Trinajstić information content (AvgIpc) is 2.86. The fourth-order valence-electron chi connectivity index (χ4n) is 2.83. The van der Waals surface area contributed by atoms with E-state index in [-0.39, 0.29) is 0 Å². The van der Waals surface area contributed by atoms with Gasteiger partial charge in [0.2, 0.25) is 0 Å². The number of hydrogen-bond acceptors (Lipinski definition) is 4. The standard InChI is InChI=1S/2C12H14N2Si.2BrH.Fe/c2*1-15(2)10-6-7-12(14-9-10)11-5-3-4-8-13-11;;;/h2*3-9,15H,1-2H3;2*1H;/q;;;;+2/p-2. The summed E-state index contributed by atoms with van der Waals surface area (Å²) in [5.74, 6) is 0. The first-order valence-corrected chi connectivity index (χ1v) is 21.8. The van der Waals surface area contributed by atoms with Crippen molar-refractivity contribution in [3.8, 4) is 22.8 Å². The van der Waals surface area contributed by atoms with Gasteiger partial charge in [-0.25, -0.2) is 0 Å². The summed E-state index contributed by atoms with van der Waals surface area (Å²) in [4.78, 5) is 17.4. The Morgan fingerprint density at radius 1 is 0.545 bits per heavy atom. The molecule has 0 spiro atoms. The maximum absolute atomic E-state index is 4.44. The predicted molar refractivity (Wildman–Crippen MR) is 150 cm³/mol. The topological polar surface area (TPSA) is 51.6 Å². The van der Waals surface area contributed by atoms with Crippen LogP contribution in [0.15, 0.2) is 85.5 Å². The Morgan fingerprint density at radius 3 is 1.15 bits per heavy atom. The number of hydrogen-bond donors (Lipinski definition) is 0. The SMILES string of the molecule is C[SiH](C)c1ccc(-c2ccccn2)nc1.C[SiH](C)c1ccc(-c2ccccn2)nc1.[Br][Fe][Br]. The van der Waals surface area contributed by atoms with Crippen molar-refractivity contribution < 1.29 is 11.3 Å². The second-order valence-electron chi connectivity index (χ2n) is 7.74. The van der Waals surface area contributed by atoms with Crippen LogP contribution >= 0.6 is 28.2 Å². The Labute approximate surface area is 220 Å². The van der Waals surface area contributed by atoms with Crippen LogP contribution in [-0.2, 0) is 11.3 Å². The Bertz CT molecular complexity index is 966. The van der Waals surface area contributed by atoms with Crippen LogP contribution in [0.4, 0.5) is 0 Å². The second kappa shape index (κ2) is 15.4. The van der Waals surface area contributed by atoms with Gasteiger partial charge in [0, 0.05) is 24.8 Å². The summed E-state index contributed by atoms with van der Waals surface area (Å²) in [6.45, 7) is 9.21. The van der Waals surface area contributed by atoms with Crippen molar-refractivity contribution in [2.24, 2.45) is 0 Å². The van der Waals surface area contributed by atoms with Crippen LogP contribution in [0.5, 0.6) is 0 Å². The van der Waals surface area contributed by atoms with Gasteiger partial charge in [0.15, 0.2) is 0 Å². The molecule has 0 atom stereocenters. The van der Waals surface area contributed by atoms with Gasteiger partial charge in [-0.2, -0.15) is 0 Å². The van der Waals surface area contributed by atoms with Crippen molar-refractivity contribution in [2.75, 3.05) is 0 Å². The number of rotatable bonds is 4. The summed E-state index contributed by atoms with van der Waals surface area (Å²) in [5.41, 5.74) is 3.78. The molecule has 4 aromatic heterocycles. The van der Waals surface area contributed by atoms with Crippen LogP contribution in [0, 0.1) is 0 Å². The fraction of sp³-hybridized carbons (Fsp3) is 0.167. The van der Waals surface area contributed by atoms with Crippen LogP contribution in [0.25, 0.3) is 22.8 Å². The van der Waals surface area contributed by atoms with Crippen LogP contribution < -0.4 is 10.4 Å². The van der Waals surface area contributed by atoms with Gasteiger partial charge in [-0.15, -0.1) is 0 Å². The summed E-state index contributed by atoms with van der Waals surface area (Å²) in [6, 6.07) is 20.2. The molecule has 0 amide bonds. The third-order valence-electron chi connectivity index (χ3n) is 4.76. The summed E-state index contributed by atoms with van der Waals surface area (Å²) < 4.78 is 0. The molecule has 4 nitrogen and oxygen atoms in total. The first-order valence-electron chi connectivity index (χ1n) is 10.6. The van der Waals surface area contributed by atoms with E-state index in [2.05, 4.69) is 98.6 Å². The quantitative estimate of drug-likeness (QED) is 0.281. The molecule has 9 heteroatoms. The minimum atomic E-state index is -0.726. The molecule has 0 aromatic carbocycles. The molecular formula is C24H28Br2FeN4Si2. The monoisotopic (exact) mass is 642 g/mol. The number of nitrogens with zero attached hydrogens (tertiary/aromatic N) is 4. The zero-order chi connectivity index (χ0) is 24.1. The molecule has 4 rings (SSSR count). The van der Waals surface area contributed by atoms with Gasteiger partial charge < -0.3 is 0 Å². The number of halogens is 2. The van der Waals surface area contributed by atoms with Crippen molar-refractivity contribution >= 4 is 56.2 Å². The van der Waals surface area contributed by atoms with E-state index in [1.165, 1.54) is 10.4 Å². The van der Waals surface area contributed by atoms with E-state index in [4.69, 9.17) is 0 Å². The van der Waals surface area contributed by atoms with Gasteiger partial charge >= 0.3 is 39.6 Å². The summed E-state index contributed by atoms with van der Waals surface area (Å²) in [7, 11) is -1.45. The van der Waals surface area contributed by atoms with Gasteiger partial charge in [0.05, 0.1) is 40.4 Å². The van der Waals surface area contributed by atoms with Crippen LogP contribution in [0.1, 0.15) is 0 Å². The molecule has 0 fully saturated rings. The van der Waals surface area contributed by atoms with E-state index in [0.29, 0.717) is 0 Å². The zero-order valence-electron chi connectivity index (χ0n) is 19.1. The van der Waals surface area contributed by atoms with Crippen LogP contribution in [-0.4, -0.2) is 37.5 Å². The third-order valence-corrected chi connectivity index (χ3v) is 8.11. The molecule has 0 aliphatic heterocycles. The van der Waals surface area contributed by atoms with E-state index >= 15 is 0 Å². The molecule has 0 N–H and O–H groups in total. The van der Waals surface area contributed by atoms with Crippen molar-refractivity contribution in [1.29, 1.82) is 0 Å². The predicted octanol–water partition coefficient (Wildman–Crippen LogP) is 5.36. The summed E-state index contributed by atoms with van der Waals surface area (Å²) in [6.07, 6.45) is 7.56. The van der Waals surface area contributed by atoms with Crippen molar-refractivity contribution in [3.05, 3.63) is 85.5 Å². The summed E-state index contributed by atoms with van der Waals surface area (Å²) >= 11 is 7.00. The number of aromatic nitrogens is 4. The van der Waals surface area contributed by atoms with Crippen molar-refractivity contribution in [3.63, 3.8) is 0 Å². The molecule has 0 radical (unpaired) electrons. The Morgan fingerprint density at radius 2 is 0.909 bits per heavy atom. The van der Waals surface area contributed by atoms with Gasteiger partial charge in [0.1, 0.15) is 0 Å². The van der Waals surface area contributed by atoms with E-state index < -0.39 is 17.6 Å². The van der Waals surface area contributed by atoms with Gasteiger partial charge in [-0.3, -0.25) is 19.9 Å². The maximum atomic E-state index is 4.44. The van der Waals surface area contributed by atoms with E-state index in [1.54, 1.807) is 12.4 Å². The van der Waals surface area contributed by atoms with Gasteiger partial charge in [0.25, 0.3) is 0 Å². The molecule has 33 heavy (non-hydrogen) atoms. The Hall–Kier alpha value is -1.49. The molecule has 0 saturated heterocycles. The second-order valence-corrected chi connectivity index (χ2v) is 19.3. The molecule has 4 aromatic rings.